The maximum atomic E-state index is 11.5. The van der Waals surface area contributed by atoms with E-state index in [0.29, 0.717) is 32.8 Å². The van der Waals surface area contributed by atoms with Gasteiger partial charge in [0.1, 0.15) is 0 Å². The number of rotatable bonds is 10. The molecule has 0 aliphatic heterocycles. The minimum absolute atomic E-state index is 0.131. The van der Waals surface area contributed by atoms with Crippen molar-refractivity contribution in [3.8, 4) is 0 Å². The number of hydrogen-bond acceptors (Lipinski definition) is 6. The largest absolute Gasteiger partial charge is 0.377 e. The number of amides is 2. The van der Waals surface area contributed by atoms with Crippen molar-refractivity contribution in [1.82, 2.24) is 10.6 Å². The average Bonchev–Trinajstić information content (AvgIpc) is 2.39. The quantitative estimate of drug-likeness (QED) is 0.229. The van der Waals surface area contributed by atoms with Crippen LogP contribution in [0.5, 0.6) is 0 Å². The summed E-state index contributed by atoms with van der Waals surface area (Å²) in [5.41, 5.74) is 5.62. The lowest BCUT2D eigenvalue weighted by atomic mass is 10.1. The Bertz CT molecular complexity index is 253. The van der Waals surface area contributed by atoms with Crippen LogP contribution in [0.4, 0.5) is 0 Å². The van der Waals surface area contributed by atoms with Crippen molar-refractivity contribution >= 4 is 24.7 Å². The summed E-state index contributed by atoms with van der Waals surface area (Å²) >= 11 is 3.55. The standard InChI is InChI=1S/C10H21N3O4S/c1-12-9(14)3-2-8(11)10(15)13-4-5-16-6-7-17-18/h8,18H,2-7,11H2,1H3,(H,12,14)(H,13,15). The number of carbonyl (C=O) groups excluding carboxylic acids is 2. The van der Waals surface area contributed by atoms with E-state index in [2.05, 4.69) is 27.7 Å². The fourth-order valence-electron chi connectivity index (χ4n) is 1.12. The molecule has 0 bridgehead atoms. The highest BCUT2D eigenvalue weighted by Gasteiger charge is 2.13. The van der Waals surface area contributed by atoms with Crippen LogP contribution in [0.15, 0.2) is 0 Å². The molecule has 0 aliphatic rings. The molecule has 8 heteroatoms. The van der Waals surface area contributed by atoms with E-state index in [1.807, 2.05) is 0 Å². The summed E-state index contributed by atoms with van der Waals surface area (Å²) < 4.78 is 9.62. The minimum Gasteiger partial charge on any atom is -0.377 e. The lowest BCUT2D eigenvalue weighted by Crippen LogP contribution is -2.42. The first kappa shape index (κ1) is 17.2. The molecule has 1 unspecified atom stereocenters. The molecule has 0 aromatic heterocycles. The van der Waals surface area contributed by atoms with E-state index in [-0.39, 0.29) is 18.2 Å². The predicted molar refractivity (Wildman–Crippen MR) is 70.0 cm³/mol. The van der Waals surface area contributed by atoms with Crippen LogP contribution in [0, 0.1) is 0 Å². The number of ether oxygens (including phenoxy) is 1. The van der Waals surface area contributed by atoms with Crippen molar-refractivity contribution < 1.29 is 18.5 Å². The Morgan fingerprint density at radius 2 is 2.06 bits per heavy atom. The monoisotopic (exact) mass is 279 g/mol. The van der Waals surface area contributed by atoms with Crippen LogP contribution in [0.2, 0.25) is 0 Å². The third-order valence-electron chi connectivity index (χ3n) is 2.16. The van der Waals surface area contributed by atoms with Crippen molar-refractivity contribution in [2.45, 2.75) is 18.9 Å². The molecule has 7 nitrogen and oxygen atoms in total. The minimum atomic E-state index is -0.678. The van der Waals surface area contributed by atoms with Gasteiger partial charge in [-0.25, -0.2) is 0 Å². The Hall–Kier alpha value is -0.830. The van der Waals surface area contributed by atoms with Crippen LogP contribution >= 0.6 is 12.9 Å². The summed E-state index contributed by atoms with van der Waals surface area (Å²) in [6.45, 7) is 1.56. The lowest BCUT2D eigenvalue weighted by Gasteiger charge is -2.11. The van der Waals surface area contributed by atoms with Gasteiger partial charge in [0, 0.05) is 20.0 Å². The van der Waals surface area contributed by atoms with Gasteiger partial charge in [-0.15, -0.1) is 0 Å². The smallest absolute Gasteiger partial charge is 0.237 e. The van der Waals surface area contributed by atoms with E-state index in [1.165, 1.54) is 0 Å². The van der Waals surface area contributed by atoms with Gasteiger partial charge in [0.2, 0.25) is 11.8 Å². The van der Waals surface area contributed by atoms with Gasteiger partial charge < -0.3 is 25.3 Å². The number of nitrogens with two attached hydrogens (primary N) is 1. The van der Waals surface area contributed by atoms with Gasteiger partial charge >= 0.3 is 0 Å². The van der Waals surface area contributed by atoms with Gasteiger partial charge in [0.25, 0.3) is 0 Å². The zero-order valence-electron chi connectivity index (χ0n) is 10.5. The van der Waals surface area contributed by atoms with Gasteiger partial charge in [-0.05, 0) is 19.3 Å². The molecule has 106 valence electrons. The lowest BCUT2D eigenvalue weighted by molar-refractivity contribution is -0.123. The highest BCUT2D eigenvalue weighted by molar-refractivity contribution is 7.75. The molecule has 0 saturated carbocycles. The molecule has 18 heavy (non-hydrogen) atoms. The second-order valence-corrected chi connectivity index (χ2v) is 3.81. The third-order valence-corrected chi connectivity index (χ3v) is 2.35. The number of nitrogens with one attached hydrogen (secondary N) is 2. The Kier molecular flexibility index (Phi) is 10.8. The summed E-state index contributed by atoms with van der Waals surface area (Å²) in [6, 6.07) is -0.678. The molecule has 0 spiro atoms. The van der Waals surface area contributed by atoms with Crippen LogP contribution in [0.3, 0.4) is 0 Å². The van der Waals surface area contributed by atoms with Crippen molar-refractivity contribution in [2.75, 3.05) is 33.4 Å². The highest BCUT2D eigenvalue weighted by Crippen LogP contribution is 1.94. The molecule has 1 atom stereocenters. The van der Waals surface area contributed by atoms with Gasteiger partial charge in [0.15, 0.2) is 0 Å². The van der Waals surface area contributed by atoms with E-state index in [1.54, 1.807) is 7.05 Å². The van der Waals surface area contributed by atoms with Crippen LogP contribution < -0.4 is 16.4 Å². The van der Waals surface area contributed by atoms with Gasteiger partial charge in [-0.3, -0.25) is 9.59 Å². The van der Waals surface area contributed by atoms with Gasteiger partial charge in [-0.2, -0.15) is 0 Å². The normalized spacial score (nSPS) is 11.9. The molecular formula is C10H21N3O4S. The zero-order chi connectivity index (χ0) is 13.8. The topological polar surface area (TPSA) is 103 Å². The molecule has 0 saturated heterocycles. The van der Waals surface area contributed by atoms with Crippen LogP contribution in [-0.2, 0) is 18.5 Å². The fourth-order valence-corrected chi connectivity index (χ4v) is 1.19. The Labute approximate surface area is 112 Å². The first-order valence-corrected chi connectivity index (χ1v) is 6.06. The SMILES string of the molecule is CNC(=O)CCC(N)C(=O)NCCOCCOS. The van der Waals surface area contributed by atoms with Crippen molar-refractivity contribution in [3.63, 3.8) is 0 Å². The van der Waals surface area contributed by atoms with E-state index >= 15 is 0 Å². The number of thiol groups is 1. The molecule has 0 radical (unpaired) electrons. The van der Waals surface area contributed by atoms with E-state index in [9.17, 15) is 9.59 Å². The average molecular weight is 279 g/mol. The maximum Gasteiger partial charge on any atom is 0.237 e. The molecule has 0 heterocycles. The highest BCUT2D eigenvalue weighted by atomic mass is 32.1. The molecule has 0 aromatic carbocycles. The predicted octanol–water partition coefficient (Wildman–Crippen LogP) is -1.17. The zero-order valence-corrected chi connectivity index (χ0v) is 11.4. The summed E-state index contributed by atoms with van der Waals surface area (Å²) in [5, 5.41) is 5.09. The molecule has 2 amide bonds. The molecule has 0 aliphatic carbocycles. The molecule has 0 rings (SSSR count). The summed E-state index contributed by atoms with van der Waals surface area (Å²) in [6.07, 6.45) is 0.556. The first-order valence-electron chi connectivity index (χ1n) is 5.69. The maximum absolute atomic E-state index is 11.5. The van der Waals surface area contributed by atoms with Gasteiger partial charge in [-0.1, -0.05) is 0 Å². The fraction of sp³-hybridized carbons (Fsp3) is 0.800. The first-order chi connectivity index (χ1) is 8.61. The van der Waals surface area contributed by atoms with Crippen molar-refractivity contribution in [2.24, 2.45) is 5.73 Å². The molecule has 4 N–H and O–H groups in total. The van der Waals surface area contributed by atoms with Crippen LogP contribution in [0.25, 0.3) is 0 Å². The van der Waals surface area contributed by atoms with E-state index in [4.69, 9.17) is 10.5 Å². The van der Waals surface area contributed by atoms with E-state index < -0.39 is 6.04 Å². The third kappa shape index (κ3) is 9.23. The Morgan fingerprint density at radius 1 is 1.33 bits per heavy atom. The van der Waals surface area contributed by atoms with Crippen molar-refractivity contribution in [1.29, 1.82) is 0 Å². The summed E-state index contributed by atoms with van der Waals surface area (Å²) in [7, 11) is 1.54. The molecule has 0 fully saturated rings. The van der Waals surface area contributed by atoms with Gasteiger partial charge in [0.05, 0.1) is 25.9 Å². The number of hydrogen-bond donors (Lipinski definition) is 4. The Balaban J connectivity index is 3.53. The molecule has 0 aromatic rings. The Morgan fingerprint density at radius 3 is 2.67 bits per heavy atom. The second kappa shape index (κ2) is 11.3. The summed E-state index contributed by atoms with van der Waals surface area (Å²) in [4.78, 5) is 22.4. The van der Waals surface area contributed by atoms with Crippen LogP contribution in [-0.4, -0.2) is 51.3 Å². The summed E-state index contributed by atoms with van der Waals surface area (Å²) in [5.74, 6) is -0.415. The van der Waals surface area contributed by atoms with E-state index in [0.717, 1.165) is 0 Å². The molecular weight excluding hydrogens is 258 g/mol. The second-order valence-electron chi connectivity index (χ2n) is 3.55. The van der Waals surface area contributed by atoms with Crippen LogP contribution in [0.1, 0.15) is 12.8 Å². The number of carbonyl (C=O) groups is 2. The van der Waals surface area contributed by atoms with Crippen molar-refractivity contribution in [3.05, 3.63) is 0 Å².